The number of halogens is 1. The third-order valence-corrected chi connectivity index (χ3v) is 3.16. The van der Waals surface area contributed by atoms with Gasteiger partial charge in [0.05, 0.1) is 12.5 Å². The van der Waals surface area contributed by atoms with Gasteiger partial charge in [0.15, 0.2) is 0 Å². The first-order chi connectivity index (χ1) is 7.19. The fourth-order valence-corrected chi connectivity index (χ4v) is 2.13. The fourth-order valence-electron chi connectivity index (χ4n) is 1.91. The van der Waals surface area contributed by atoms with Gasteiger partial charge in [-0.2, -0.15) is 0 Å². The van der Waals surface area contributed by atoms with Crippen molar-refractivity contribution in [2.75, 3.05) is 6.61 Å². The minimum atomic E-state index is -0.118. The molecular weight excluding hydrogens is 218 g/mol. The van der Waals surface area contributed by atoms with Crippen LogP contribution in [0.3, 0.4) is 0 Å². The highest BCUT2D eigenvalue weighted by molar-refractivity contribution is 6.65. The van der Waals surface area contributed by atoms with Gasteiger partial charge in [-0.15, -0.1) is 0 Å². The molecule has 0 aromatic heterocycles. The Morgan fingerprint density at radius 1 is 1.40 bits per heavy atom. The van der Waals surface area contributed by atoms with Crippen molar-refractivity contribution in [1.82, 2.24) is 0 Å². The third kappa shape index (κ3) is 3.38. The predicted octanol–water partition coefficient (Wildman–Crippen LogP) is 2.38. The van der Waals surface area contributed by atoms with Gasteiger partial charge in [-0.25, -0.2) is 0 Å². The number of carbonyl (C=O) groups is 1. The molecule has 15 heavy (non-hydrogen) atoms. The van der Waals surface area contributed by atoms with Crippen molar-refractivity contribution in [3.05, 3.63) is 0 Å². The highest BCUT2D eigenvalue weighted by Crippen LogP contribution is 2.31. The van der Waals surface area contributed by atoms with Gasteiger partial charge in [0.25, 0.3) is 0 Å². The molecule has 0 aliphatic heterocycles. The maximum atomic E-state index is 11.4. The monoisotopic (exact) mass is 233 g/mol. The molecule has 0 bridgehead atoms. The van der Waals surface area contributed by atoms with Crippen LogP contribution in [0, 0.1) is 11.8 Å². The number of nitrogens with zero attached hydrogens (tertiary/aromatic N) is 1. The normalized spacial score (nSPS) is 27.5. The summed E-state index contributed by atoms with van der Waals surface area (Å²) in [7, 11) is 0. The van der Waals surface area contributed by atoms with E-state index < -0.39 is 0 Å². The molecule has 4 nitrogen and oxygen atoms in total. The molecule has 0 heterocycles. The number of carbonyl (C=O) groups excluding carboxylic acids is 1. The van der Waals surface area contributed by atoms with Crippen molar-refractivity contribution in [3.8, 4) is 0 Å². The first kappa shape index (κ1) is 12.3. The van der Waals surface area contributed by atoms with Gasteiger partial charge >= 0.3 is 5.97 Å². The van der Waals surface area contributed by atoms with Gasteiger partial charge in [-0.05, 0) is 32.6 Å². The molecule has 1 rings (SSSR count). The maximum Gasteiger partial charge on any atom is 0.308 e. The van der Waals surface area contributed by atoms with Crippen LogP contribution in [0.15, 0.2) is 5.16 Å². The number of oxime groups is 1. The smallest absolute Gasteiger partial charge is 0.308 e. The summed E-state index contributed by atoms with van der Waals surface area (Å²) in [5, 5.41) is 11.7. The molecule has 0 aromatic carbocycles. The van der Waals surface area contributed by atoms with Gasteiger partial charge in [0.2, 0.25) is 0 Å². The van der Waals surface area contributed by atoms with Crippen LogP contribution < -0.4 is 0 Å². The van der Waals surface area contributed by atoms with E-state index in [1.807, 2.05) is 0 Å². The second kappa shape index (κ2) is 5.95. The fraction of sp³-hybridized carbons (Fsp3) is 0.800. The number of esters is 1. The lowest BCUT2D eigenvalue weighted by Gasteiger charge is -2.25. The van der Waals surface area contributed by atoms with Gasteiger partial charge in [-0.3, -0.25) is 4.79 Å². The molecule has 0 atom stereocenters. The molecule has 1 aliphatic carbocycles. The Bertz CT molecular complexity index is 247. The molecule has 0 saturated heterocycles. The van der Waals surface area contributed by atoms with E-state index in [1.54, 1.807) is 6.92 Å². The third-order valence-electron chi connectivity index (χ3n) is 2.78. The van der Waals surface area contributed by atoms with Crippen molar-refractivity contribution >= 4 is 22.7 Å². The van der Waals surface area contributed by atoms with Crippen LogP contribution in [-0.4, -0.2) is 23.0 Å². The quantitative estimate of drug-likeness (QED) is 0.352. The second-order valence-electron chi connectivity index (χ2n) is 3.72. The Balaban J connectivity index is 2.39. The van der Waals surface area contributed by atoms with E-state index in [0.717, 1.165) is 25.7 Å². The lowest BCUT2D eigenvalue weighted by atomic mass is 9.82. The molecular formula is C10H16ClNO3. The van der Waals surface area contributed by atoms with E-state index in [0.29, 0.717) is 6.61 Å². The minimum absolute atomic E-state index is 0.00985. The summed E-state index contributed by atoms with van der Waals surface area (Å²) in [5.41, 5.74) is 0. The zero-order valence-electron chi connectivity index (χ0n) is 8.78. The number of rotatable bonds is 3. The van der Waals surface area contributed by atoms with Gasteiger partial charge in [0.1, 0.15) is 5.17 Å². The van der Waals surface area contributed by atoms with Crippen LogP contribution in [0.1, 0.15) is 32.6 Å². The summed E-state index contributed by atoms with van der Waals surface area (Å²) in [5.74, 6) is -0.0280. The molecule has 0 amide bonds. The van der Waals surface area contributed by atoms with E-state index in [9.17, 15) is 4.79 Å². The average Bonchev–Trinajstić information content (AvgIpc) is 2.28. The Morgan fingerprint density at radius 3 is 2.40 bits per heavy atom. The molecule has 5 heteroatoms. The highest BCUT2D eigenvalue weighted by Gasteiger charge is 2.29. The lowest BCUT2D eigenvalue weighted by Crippen LogP contribution is -2.25. The van der Waals surface area contributed by atoms with Crippen molar-refractivity contribution in [1.29, 1.82) is 0 Å². The van der Waals surface area contributed by atoms with Crippen LogP contribution in [0.5, 0.6) is 0 Å². The maximum absolute atomic E-state index is 11.4. The van der Waals surface area contributed by atoms with Crippen molar-refractivity contribution < 1.29 is 14.7 Å². The van der Waals surface area contributed by atoms with Gasteiger partial charge < -0.3 is 9.94 Å². The van der Waals surface area contributed by atoms with Crippen LogP contribution in [0.4, 0.5) is 0 Å². The second-order valence-corrected chi connectivity index (χ2v) is 4.11. The van der Waals surface area contributed by atoms with E-state index in [1.165, 1.54) is 0 Å². The van der Waals surface area contributed by atoms with E-state index in [-0.39, 0.29) is 23.0 Å². The van der Waals surface area contributed by atoms with Crippen molar-refractivity contribution in [2.45, 2.75) is 32.6 Å². The topological polar surface area (TPSA) is 58.9 Å². The molecule has 0 spiro atoms. The first-order valence-electron chi connectivity index (χ1n) is 5.23. The summed E-state index contributed by atoms with van der Waals surface area (Å²) in [6.45, 7) is 2.23. The summed E-state index contributed by atoms with van der Waals surface area (Å²) < 4.78 is 4.95. The van der Waals surface area contributed by atoms with E-state index in [2.05, 4.69) is 5.16 Å². The van der Waals surface area contributed by atoms with Crippen molar-refractivity contribution in [2.24, 2.45) is 17.0 Å². The SMILES string of the molecule is CCOC(=O)C1CCC(C(Cl)=NO)CC1. The largest absolute Gasteiger partial charge is 0.466 e. The van der Waals surface area contributed by atoms with Crippen LogP contribution in [-0.2, 0) is 9.53 Å². The standard InChI is InChI=1S/C10H16ClNO3/c1-2-15-10(13)8-5-3-7(4-6-8)9(11)12-14/h7-8,14H,2-6H2,1H3. The molecule has 0 aromatic rings. The molecule has 1 fully saturated rings. The molecule has 86 valence electrons. The summed E-state index contributed by atoms with van der Waals surface area (Å²) in [4.78, 5) is 11.4. The van der Waals surface area contributed by atoms with Crippen LogP contribution >= 0.6 is 11.6 Å². The zero-order chi connectivity index (χ0) is 11.3. The van der Waals surface area contributed by atoms with Crippen LogP contribution in [0.2, 0.25) is 0 Å². The Morgan fingerprint density at radius 2 is 1.93 bits per heavy atom. The molecule has 0 radical (unpaired) electrons. The Hall–Kier alpha value is -0.770. The van der Waals surface area contributed by atoms with Crippen LogP contribution in [0.25, 0.3) is 0 Å². The summed E-state index contributed by atoms with van der Waals surface area (Å²) in [6.07, 6.45) is 3.09. The number of hydrogen-bond donors (Lipinski definition) is 1. The first-order valence-corrected chi connectivity index (χ1v) is 5.60. The Kier molecular flexibility index (Phi) is 4.88. The molecule has 1 aliphatic rings. The van der Waals surface area contributed by atoms with E-state index >= 15 is 0 Å². The van der Waals surface area contributed by atoms with Crippen molar-refractivity contribution in [3.63, 3.8) is 0 Å². The highest BCUT2D eigenvalue weighted by atomic mass is 35.5. The average molecular weight is 234 g/mol. The summed E-state index contributed by atoms with van der Waals surface area (Å²) >= 11 is 5.72. The zero-order valence-corrected chi connectivity index (χ0v) is 9.54. The van der Waals surface area contributed by atoms with Gasteiger partial charge in [0, 0.05) is 5.92 Å². The predicted molar refractivity (Wildman–Crippen MR) is 57.2 cm³/mol. The molecule has 1 N–H and O–H groups in total. The lowest BCUT2D eigenvalue weighted by molar-refractivity contribution is -0.149. The Labute approximate surface area is 94.2 Å². The number of ether oxygens (including phenoxy) is 1. The minimum Gasteiger partial charge on any atom is -0.466 e. The van der Waals surface area contributed by atoms with E-state index in [4.69, 9.17) is 21.5 Å². The van der Waals surface area contributed by atoms with Gasteiger partial charge in [-0.1, -0.05) is 16.8 Å². The molecule has 1 saturated carbocycles. The number of hydrogen-bond acceptors (Lipinski definition) is 4. The molecule has 0 unspecified atom stereocenters. The summed E-state index contributed by atoms with van der Waals surface area (Å²) in [6, 6.07) is 0.